The molecule has 140 valence electrons. The number of fused-ring (bicyclic) bond motifs is 2. The van der Waals surface area contributed by atoms with Crippen molar-refractivity contribution in [2.45, 2.75) is 32.1 Å². The average Bonchev–Trinajstić information content (AvgIpc) is 2.86. The van der Waals surface area contributed by atoms with Crippen LogP contribution in [0.15, 0.2) is 48.7 Å². The summed E-state index contributed by atoms with van der Waals surface area (Å²) < 4.78 is 0. The van der Waals surface area contributed by atoms with E-state index in [-0.39, 0.29) is 5.92 Å². The highest BCUT2D eigenvalue weighted by atomic mass is 16.4. The molecule has 1 saturated heterocycles. The third-order valence-corrected chi connectivity index (χ3v) is 5.77. The first-order chi connectivity index (χ1) is 13.2. The highest BCUT2D eigenvalue weighted by molar-refractivity contribution is 5.83. The number of rotatable bonds is 4. The van der Waals surface area contributed by atoms with Gasteiger partial charge in [0.25, 0.3) is 0 Å². The number of aliphatic carboxylic acids is 1. The van der Waals surface area contributed by atoms with Gasteiger partial charge in [-0.15, -0.1) is 0 Å². The summed E-state index contributed by atoms with van der Waals surface area (Å²) in [6.07, 6.45) is 8.90. The van der Waals surface area contributed by atoms with Crippen LogP contribution in [-0.4, -0.2) is 40.6 Å². The number of hydrogen-bond donors (Lipinski definition) is 1. The Bertz CT molecular complexity index is 809. The zero-order valence-electron chi connectivity index (χ0n) is 15.6. The summed E-state index contributed by atoms with van der Waals surface area (Å²) in [6, 6.07) is 12.8. The molecule has 2 aromatic rings. The van der Waals surface area contributed by atoms with Gasteiger partial charge in [-0.2, -0.15) is 0 Å². The number of benzene rings is 1. The fourth-order valence-corrected chi connectivity index (χ4v) is 4.35. The van der Waals surface area contributed by atoms with Crippen LogP contribution >= 0.6 is 0 Å². The first kappa shape index (κ1) is 17.9. The summed E-state index contributed by atoms with van der Waals surface area (Å²) in [6.45, 7) is 2.58. The van der Waals surface area contributed by atoms with Crippen molar-refractivity contribution in [2.75, 3.05) is 19.6 Å². The van der Waals surface area contributed by atoms with Gasteiger partial charge >= 0.3 is 5.97 Å². The lowest BCUT2D eigenvalue weighted by Crippen LogP contribution is -2.39. The van der Waals surface area contributed by atoms with E-state index in [0.29, 0.717) is 6.54 Å². The number of carboxylic acids is 1. The molecule has 1 atom stereocenters. The van der Waals surface area contributed by atoms with E-state index in [0.717, 1.165) is 45.2 Å². The highest BCUT2D eigenvalue weighted by Gasteiger charge is 2.25. The van der Waals surface area contributed by atoms with Gasteiger partial charge in [-0.05, 0) is 61.4 Å². The molecule has 0 radical (unpaired) electrons. The molecule has 0 unspecified atom stereocenters. The van der Waals surface area contributed by atoms with Gasteiger partial charge in [-0.1, -0.05) is 36.4 Å². The fraction of sp³-hybridized carbons (Fsp3) is 0.391. The quantitative estimate of drug-likeness (QED) is 0.899. The second kappa shape index (κ2) is 8.05. The Kier molecular flexibility index (Phi) is 5.35. The second-order valence-corrected chi connectivity index (χ2v) is 7.54. The maximum absolute atomic E-state index is 11.3. The molecule has 0 saturated carbocycles. The highest BCUT2D eigenvalue weighted by Crippen LogP contribution is 2.32. The van der Waals surface area contributed by atoms with Crippen LogP contribution < -0.4 is 0 Å². The SMILES string of the molecule is O=C(O)[C@@H]1CCCN(CCC=C2c3ccccc3CCc3ncccc32)C1. The number of aromatic nitrogens is 1. The van der Waals surface area contributed by atoms with Crippen molar-refractivity contribution < 1.29 is 9.90 Å². The third kappa shape index (κ3) is 3.96. The summed E-state index contributed by atoms with van der Waals surface area (Å²) in [5, 5.41) is 9.29. The Morgan fingerprint density at radius 1 is 1.19 bits per heavy atom. The van der Waals surface area contributed by atoms with E-state index in [1.807, 2.05) is 12.3 Å². The van der Waals surface area contributed by atoms with E-state index in [1.54, 1.807) is 0 Å². The zero-order valence-corrected chi connectivity index (χ0v) is 15.6. The smallest absolute Gasteiger partial charge is 0.307 e. The monoisotopic (exact) mass is 362 g/mol. The molecule has 0 spiro atoms. The summed E-state index contributed by atoms with van der Waals surface area (Å²) in [4.78, 5) is 18.2. The summed E-state index contributed by atoms with van der Waals surface area (Å²) in [7, 11) is 0. The van der Waals surface area contributed by atoms with Crippen molar-refractivity contribution in [3.05, 3.63) is 71.1 Å². The van der Waals surface area contributed by atoms with E-state index < -0.39 is 5.97 Å². The molecule has 4 heteroatoms. The van der Waals surface area contributed by atoms with Crippen molar-refractivity contribution in [3.8, 4) is 0 Å². The van der Waals surface area contributed by atoms with E-state index >= 15 is 0 Å². The van der Waals surface area contributed by atoms with Gasteiger partial charge in [0.15, 0.2) is 0 Å². The van der Waals surface area contributed by atoms with Gasteiger partial charge in [0, 0.05) is 30.5 Å². The first-order valence-corrected chi connectivity index (χ1v) is 9.90. The van der Waals surface area contributed by atoms with Gasteiger partial charge in [0.2, 0.25) is 0 Å². The molecule has 1 aliphatic carbocycles. The predicted molar refractivity (Wildman–Crippen MR) is 107 cm³/mol. The maximum atomic E-state index is 11.3. The van der Waals surface area contributed by atoms with E-state index in [2.05, 4.69) is 46.3 Å². The Labute approximate surface area is 160 Å². The number of nitrogens with zero attached hydrogens (tertiary/aromatic N) is 2. The minimum Gasteiger partial charge on any atom is -0.481 e. The molecule has 1 fully saturated rings. The van der Waals surface area contributed by atoms with Crippen LogP contribution in [0.25, 0.3) is 5.57 Å². The van der Waals surface area contributed by atoms with Gasteiger partial charge in [-0.25, -0.2) is 0 Å². The number of carbonyl (C=O) groups is 1. The standard InChI is InChI=1S/C23H26N2O2/c26-23(27)18-7-4-14-25(16-18)15-5-10-20-19-8-2-1-6-17(19)11-12-22-21(20)9-3-13-24-22/h1-3,6,8-10,13,18H,4-5,7,11-12,14-16H2,(H,26,27)/t18-/m1/s1. The lowest BCUT2D eigenvalue weighted by atomic mass is 9.94. The fourth-order valence-electron chi connectivity index (χ4n) is 4.35. The van der Waals surface area contributed by atoms with Crippen LogP contribution in [-0.2, 0) is 17.6 Å². The minimum absolute atomic E-state index is 0.213. The van der Waals surface area contributed by atoms with Gasteiger partial charge in [-0.3, -0.25) is 9.78 Å². The molecule has 4 nitrogen and oxygen atoms in total. The third-order valence-electron chi connectivity index (χ3n) is 5.77. The van der Waals surface area contributed by atoms with Crippen LogP contribution in [0.1, 0.15) is 41.6 Å². The van der Waals surface area contributed by atoms with Gasteiger partial charge < -0.3 is 10.0 Å². The molecule has 1 aromatic heterocycles. The molecular formula is C23H26N2O2. The van der Waals surface area contributed by atoms with Crippen LogP contribution in [0.3, 0.4) is 0 Å². The molecule has 27 heavy (non-hydrogen) atoms. The molecule has 4 rings (SSSR count). The van der Waals surface area contributed by atoms with E-state index in [9.17, 15) is 9.90 Å². The maximum Gasteiger partial charge on any atom is 0.307 e. The van der Waals surface area contributed by atoms with E-state index in [4.69, 9.17) is 0 Å². The summed E-state index contributed by atoms with van der Waals surface area (Å²) in [5.74, 6) is -0.870. The predicted octanol–water partition coefficient (Wildman–Crippen LogP) is 3.80. The number of likely N-dealkylation sites (tertiary alicyclic amines) is 1. The number of piperidine rings is 1. The van der Waals surface area contributed by atoms with Crippen LogP contribution in [0, 0.1) is 5.92 Å². The Hall–Kier alpha value is -2.46. The topological polar surface area (TPSA) is 53.4 Å². The first-order valence-electron chi connectivity index (χ1n) is 9.90. The Morgan fingerprint density at radius 2 is 2.04 bits per heavy atom. The van der Waals surface area contributed by atoms with Gasteiger partial charge in [0.05, 0.1) is 5.92 Å². The van der Waals surface area contributed by atoms with Crippen molar-refractivity contribution in [1.82, 2.24) is 9.88 Å². The average molecular weight is 362 g/mol. The molecule has 1 N–H and O–H groups in total. The van der Waals surface area contributed by atoms with Crippen molar-refractivity contribution >= 4 is 11.5 Å². The molecule has 2 aliphatic rings. The van der Waals surface area contributed by atoms with Crippen LogP contribution in [0.2, 0.25) is 0 Å². The molecule has 1 aliphatic heterocycles. The zero-order chi connectivity index (χ0) is 18.6. The molecule has 0 amide bonds. The number of hydrogen-bond acceptors (Lipinski definition) is 3. The summed E-state index contributed by atoms with van der Waals surface area (Å²) >= 11 is 0. The molecule has 0 bridgehead atoms. The number of pyridine rings is 1. The normalized spacial score (nSPS) is 21.3. The molecular weight excluding hydrogens is 336 g/mol. The number of aryl methyl sites for hydroxylation is 2. The lowest BCUT2D eigenvalue weighted by molar-refractivity contribution is -0.143. The molecule has 2 heterocycles. The number of carboxylic acid groups (broad SMARTS) is 1. The van der Waals surface area contributed by atoms with Crippen LogP contribution in [0.5, 0.6) is 0 Å². The van der Waals surface area contributed by atoms with Crippen molar-refractivity contribution in [1.29, 1.82) is 0 Å². The molecule has 1 aromatic carbocycles. The largest absolute Gasteiger partial charge is 0.481 e. The Balaban J connectivity index is 1.56. The minimum atomic E-state index is -0.657. The van der Waals surface area contributed by atoms with Crippen molar-refractivity contribution in [3.63, 3.8) is 0 Å². The Morgan fingerprint density at radius 3 is 2.93 bits per heavy atom. The van der Waals surface area contributed by atoms with Crippen molar-refractivity contribution in [2.24, 2.45) is 5.92 Å². The van der Waals surface area contributed by atoms with Gasteiger partial charge in [0.1, 0.15) is 0 Å². The second-order valence-electron chi connectivity index (χ2n) is 7.54. The summed E-state index contributed by atoms with van der Waals surface area (Å²) in [5.41, 5.74) is 6.38. The van der Waals surface area contributed by atoms with E-state index in [1.165, 1.54) is 28.0 Å². The van der Waals surface area contributed by atoms with Crippen LogP contribution in [0.4, 0.5) is 0 Å². The lowest BCUT2D eigenvalue weighted by Gasteiger charge is -2.30.